The van der Waals surface area contributed by atoms with Crippen LogP contribution in [0.25, 0.3) is 0 Å². The van der Waals surface area contributed by atoms with Crippen LogP contribution in [0.3, 0.4) is 0 Å². The number of carbonyl (C=O) groups is 1. The fraction of sp³-hybridized carbons (Fsp3) is 0.143. The molecule has 0 aliphatic heterocycles. The number of carbonyl (C=O) groups excluding carboxylic acids is 1. The Labute approximate surface area is 189 Å². The zero-order valence-corrected chi connectivity index (χ0v) is 17.6. The molecule has 1 aromatic heterocycles. The molecule has 1 heterocycles. The molecule has 0 radical (unpaired) electrons. The van der Waals surface area contributed by atoms with Gasteiger partial charge in [0, 0.05) is 23.6 Å². The SMILES string of the molecule is O=C(OC(c1ccc(NS(=O)(=O)c2ccccc2)cc1)(C(F)(F)F)C(F)(F)F)c1ccncc1. The lowest BCUT2D eigenvalue weighted by atomic mass is 9.91. The molecule has 2 aromatic carbocycles. The molecule has 0 unspecified atom stereocenters. The van der Waals surface area contributed by atoms with Crippen LogP contribution in [0.5, 0.6) is 0 Å². The average molecular weight is 504 g/mol. The maximum atomic E-state index is 13.9. The molecule has 0 bridgehead atoms. The number of rotatable bonds is 6. The number of ether oxygens (including phenoxy) is 1. The van der Waals surface area contributed by atoms with Gasteiger partial charge in [-0.1, -0.05) is 30.3 Å². The number of halogens is 6. The summed E-state index contributed by atoms with van der Waals surface area (Å²) in [5.74, 6) is -1.88. The summed E-state index contributed by atoms with van der Waals surface area (Å²) in [6, 6.07) is 10.8. The minimum atomic E-state index is -6.11. The van der Waals surface area contributed by atoms with E-state index in [4.69, 9.17) is 0 Å². The van der Waals surface area contributed by atoms with Crippen molar-refractivity contribution in [3.8, 4) is 0 Å². The quantitative estimate of drug-likeness (QED) is 0.375. The highest BCUT2D eigenvalue weighted by atomic mass is 32.2. The summed E-state index contributed by atoms with van der Waals surface area (Å²) in [6.07, 6.45) is -10.2. The average Bonchev–Trinajstić information content (AvgIpc) is 2.77. The van der Waals surface area contributed by atoms with Crippen molar-refractivity contribution in [2.45, 2.75) is 22.8 Å². The molecule has 0 saturated heterocycles. The standard InChI is InChI=1S/C21H14F6N2O4S/c22-20(23,24)19(21(25,26)27,33-18(30)14-10-12-28-13-11-14)15-6-8-16(9-7-15)29-34(31,32)17-4-2-1-3-5-17/h1-13,29H. The number of benzene rings is 2. The summed E-state index contributed by atoms with van der Waals surface area (Å²) in [5.41, 5.74) is -7.39. The van der Waals surface area contributed by atoms with E-state index in [1.54, 1.807) is 6.07 Å². The first kappa shape index (κ1) is 25.0. The summed E-state index contributed by atoms with van der Waals surface area (Å²) in [6.45, 7) is 0. The van der Waals surface area contributed by atoms with Crippen LogP contribution in [0.2, 0.25) is 0 Å². The van der Waals surface area contributed by atoms with Gasteiger partial charge in [0.25, 0.3) is 10.0 Å². The van der Waals surface area contributed by atoms with Crippen molar-refractivity contribution < 1.29 is 44.3 Å². The number of anilines is 1. The van der Waals surface area contributed by atoms with Gasteiger partial charge in [0.05, 0.1) is 10.5 Å². The van der Waals surface area contributed by atoms with E-state index in [9.17, 15) is 39.6 Å². The van der Waals surface area contributed by atoms with E-state index in [1.165, 1.54) is 24.3 Å². The van der Waals surface area contributed by atoms with E-state index in [2.05, 4.69) is 14.4 Å². The fourth-order valence-corrected chi connectivity index (χ4v) is 4.02. The molecule has 3 rings (SSSR count). The number of sulfonamides is 1. The van der Waals surface area contributed by atoms with Gasteiger partial charge in [-0.05, 0) is 36.4 Å². The van der Waals surface area contributed by atoms with Gasteiger partial charge < -0.3 is 4.74 Å². The summed E-state index contributed by atoms with van der Waals surface area (Å²) in [5, 5.41) is 0. The normalized spacial score (nSPS) is 12.8. The summed E-state index contributed by atoms with van der Waals surface area (Å²) >= 11 is 0. The summed E-state index contributed by atoms with van der Waals surface area (Å²) < 4.78 is 114. The smallest absolute Gasteiger partial charge is 0.431 e. The van der Waals surface area contributed by atoms with Crippen LogP contribution in [0.4, 0.5) is 32.0 Å². The second-order valence-corrected chi connectivity index (χ2v) is 8.48. The Bertz CT molecular complexity index is 1230. The number of hydrogen-bond donors (Lipinski definition) is 1. The number of nitrogens with zero attached hydrogens (tertiary/aromatic N) is 1. The number of esters is 1. The largest absolute Gasteiger partial charge is 0.442 e. The molecular formula is C21H14F6N2O4S. The van der Waals surface area contributed by atoms with E-state index >= 15 is 0 Å². The minimum absolute atomic E-state index is 0.176. The second-order valence-electron chi connectivity index (χ2n) is 6.80. The van der Waals surface area contributed by atoms with Crippen molar-refractivity contribution in [3.63, 3.8) is 0 Å². The van der Waals surface area contributed by atoms with Gasteiger partial charge in [0.15, 0.2) is 0 Å². The van der Waals surface area contributed by atoms with E-state index in [0.29, 0.717) is 24.3 Å². The van der Waals surface area contributed by atoms with Crippen LogP contribution in [0.1, 0.15) is 15.9 Å². The highest BCUT2D eigenvalue weighted by Crippen LogP contribution is 2.53. The molecule has 13 heteroatoms. The third-order valence-electron chi connectivity index (χ3n) is 4.56. The predicted octanol–water partition coefficient (Wildman–Crippen LogP) is 5.06. The molecular weight excluding hydrogens is 490 g/mol. The van der Waals surface area contributed by atoms with Crippen molar-refractivity contribution in [2.75, 3.05) is 4.72 Å². The van der Waals surface area contributed by atoms with Crippen molar-refractivity contribution in [2.24, 2.45) is 0 Å². The molecule has 34 heavy (non-hydrogen) atoms. The lowest BCUT2D eigenvalue weighted by Crippen LogP contribution is -2.56. The van der Waals surface area contributed by atoms with Gasteiger partial charge in [0.2, 0.25) is 0 Å². The molecule has 3 aromatic rings. The maximum absolute atomic E-state index is 13.9. The first-order valence-electron chi connectivity index (χ1n) is 9.23. The first-order valence-corrected chi connectivity index (χ1v) is 10.7. The molecule has 0 spiro atoms. The molecule has 0 aliphatic rings. The Hall–Kier alpha value is -3.61. The predicted molar refractivity (Wildman–Crippen MR) is 107 cm³/mol. The summed E-state index contributed by atoms with van der Waals surface area (Å²) in [4.78, 5) is 15.6. The lowest BCUT2D eigenvalue weighted by molar-refractivity contribution is -0.373. The van der Waals surface area contributed by atoms with Crippen LogP contribution in [-0.4, -0.2) is 31.7 Å². The van der Waals surface area contributed by atoms with Gasteiger partial charge >= 0.3 is 23.9 Å². The third-order valence-corrected chi connectivity index (χ3v) is 5.95. The number of pyridine rings is 1. The van der Waals surface area contributed by atoms with Crippen molar-refractivity contribution in [1.29, 1.82) is 0 Å². The fourth-order valence-electron chi connectivity index (χ4n) is 2.94. The number of aromatic nitrogens is 1. The van der Waals surface area contributed by atoms with Crippen LogP contribution in [0, 0.1) is 0 Å². The third kappa shape index (κ3) is 4.83. The second kappa shape index (κ2) is 8.97. The van der Waals surface area contributed by atoms with Crippen molar-refractivity contribution in [3.05, 3.63) is 90.3 Å². The zero-order valence-electron chi connectivity index (χ0n) is 16.8. The van der Waals surface area contributed by atoms with Gasteiger partial charge in [-0.3, -0.25) is 9.71 Å². The molecule has 0 amide bonds. The van der Waals surface area contributed by atoms with Crippen molar-refractivity contribution in [1.82, 2.24) is 4.98 Å². The topological polar surface area (TPSA) is 85.4 Å². The van der Waals surface area contributed by atoms with E-state index in [-0.39, 0.29) is 10.6 Å². The van der Waals surface area contributed by atoms with Gasteiger partial charge in [0.1, 0.15) is 0 Å². The molecule has 6 nitrogen and oxygen atoms in total. The Kier molecular flexibility index (Phi) is 6.60. The Balaban J connectivity index is 2.02. The van der Waals surface area contributed by atoms with E-state index in [0.717, 1.165) is 24.5 Å². The van der Waals surface area contributed by atoms with Crippen LogP contribution in [-0.2, 0) is 20.4 Å². The Morgan fingerprint density at radius 3 is 1.82 bits per heavy atom. The molecule has 0 fully saturated rings. The highest BCUT2D eigenvalue weighted by Gasteiger charge is 2.75. The highest BCUT2D eigenvalue weighted by molar-refractivity contribution is 7.92. The van der Waals surface area contributed by atoms with Crippen LogP contribution >= 0.6 is 0 Å². The monoisotopic (exact) mass is 504 g/mol. The van der Waals surface area contributed by atoms with E-state index in [1.807, 2.05) is 0 Å². The molecule has 0 atom stereocenters. The van der Waals surface area contributed by atoms with Crippen LogP contribution < -0.4 is 4.72 Å². The van der Waals surface area contributed by atoms with Crippen molar-refractivity contribution >= 4 is 21.7 Å². The number of nitrogens with one attached hydrogen (secondary N) is 1. The molecule has 1 N–H and O–H groups in total. The maximum Gasteiger partial charge on any atom is 0.442 e. The zero-order chi connectivity index (χ0) is 25.2. The van der Waals surface area contributed by atoms with Crippen LogP contribution in [0.15, 0.2) is 84.0 Å². The Morgan fingerprint density at radius 1 is 0.794 bits per heavy atom. The molecule has 0 aliphatic carbocycles. The Morgan fingerprint density at radius 2 is 1.32 bits per heavy atom. The number of alkyl halides is 6. The lowest BCUT2D eigenvalue weighted by Gasteiger charge is -2.36. The summed E-state index contributed by atoms with van der Waals surface area (Å²) in [7, 11) is -4.16. The number of hydrogen-bond acceptors (Lipinski definition) is 5. The first-order chi connectivity index (χ1) is 15.8. The molecule has 0 saturated carbocycles. The van der Waals surface area contributed by atoms with Gasteiger partial charge in [-0.2, -0.15) is 26.3 Å². The van der Waals surface area contributed by atoms with E-state index < -0.39 is 45.1 Å². The van der Waals surface area contributed by atoms with Gasteiger partial charge in [-0.15, -0.1) is 0 Å². The van der Waals surface area contributed by atoms with Gasteiger partial charge in [-0.25, -0.2) is 13.2 Å². The molecule has 180 valence electrons. The minimum Gasteiger partial charge on any atom is -0.431 e.